The van der Waals surface area contributed by atoms with Crippen LogP contribution in [0.1, 0.15) is 11.1 Å². The van der Waals surface area contributed by atoms with Crippen LogP contribution in [0.25, 0.3) is 0 Å². The van der Waals surface area contributed by atoms with E-state index in [-0.39, 0.29) is 5.03 Å². The Labute approximate surface area is 133 Å². The van der Waals surface area contributed by atoms with Gasteiger partial charge >= 0.3 is 0 Å². The van der Waals surface area contributed by atoms with Gasteiger partial charge in [-0.3, -0.25) is 4.72 Å². The maximum Gasteiger partial charge on any atom is 0.279 e. The summed E-state index contributed by atoms with van der Waals surface area (Å²) in [5, 5.41) is 2.99. The van der Waals surface area contributed by atoms with Gasteiger partial charge in [0.25, 0.3) is 10.0 Å². The number of hydrogen-bond acceptors (Lipinski definition) is 4. The van der Waals surface area contributed by atoms with E-state index in [1.165, 1.54) is 6.07 Å². The minimum Gasteiger partial charge on any atom is -0.316 e. The van der Waals surface area contributed by atoms with Gasteiger partial charge in [0, 0.05) is 22.9 Å². The highest BCUT2D eigenvalue weighted by atomic mass is 79.9. The fourth-order valence-electron chi connectivity index (χ4n) is 1.79. The molecule has 0 amide bonds. The first-order chi connectivity index (χ1) is 9.92. The van der Waals surface area contributed by atoms with Crippen molar-refractivity contribution in [2.45, 2.75) is 18.5 Å². The summed E-state index contributed by atoms with van der Waals surface area (Å²) in [6.45, 7) is 2.54. The van der Waals surface area contributed by atoms with Crippen LogP contribution in [0, 0.1) is 6.92 Å². The smallest absolute Gasteiger partial charge is 0.279 e. The summed E-state index contributed by atoms with van der Waals surface area (Å²) >= 11 is 3.38. The number of aryl methyl sites for hydroxylation is 1. The summed E-state index contributed by atoms with van der Waals surface area (Å²) in [6.07, 6.45) is 1.55. The largest absolute Gasteiger partial charge is 0.316 e. The molecule has 0 fully saturated rings. The van der Waals surface area contributed by atoms with Crippen molar-refractivity contribution < 1.29 is 8.42 Å². The van der Waals surface area contributed by atoms with Gasteiger partial charge < -0.3 is 5.32 Å². The topological polar surface area (TPSA) is 71.1 Å². The van der Waals surface area contributed by atoms with Gasteiger partial charge in [0.05, 0.1) is 0 Å². The number of pyridine rings is 1. The van der Waals surface area contributed by atoms with Crippen LogP contribution < -0.4 is 10.0 Å². The van der Waals surface area contributed by atoms with Crippen LogP contribution in [-0.2, 0) is 16.6 Å². The molecule has 21 heavy (non-hydrogen) atoms. The molecule has 0 aliphatic carbocycles. The summed E-state index contributed by atoms with van der Waals surface area (Å²) in [5.74, 6) is 0. The van der Waals surface area contributed by atoms with Gasteiger partial charge in [-0.1, -0.05) is 22.0 Å². The molecule has 1 aromatic carbocycles. The van der Waals surface area contributed by atoms with Crippen molar-refractivity contribution in [2.75, 3.05) is 11.8 Å². The van der Waals surface area contributed by atoms with Crippen LogP contribution in [0.4, 0.5) is 5.69 Å². The van der Waals surface area contributed by atoms with Gasteiger partial charge in [0.1, 0.15) is 0 Å². The van der Waals surface area contributed by atoms with E-state index in [4.69, 9.17) is 0 Å². The zero-order chi connectivity index (χ0) is 15.5. The zero-order valence-corrected chi connectivity index (χ0v) is 14.1. The lowest BCUT2D eigenvalue weighted by molar-refractivity contribution is 0.597. The fourth-order valence-corrected chi connectivity index (χ4v) is 3.02. The van der Waals surface area contributed by atoms with E-state index >= 15 is 0 Å². The Morgan fingerprint density at radius 2 is 2.00 bits per heavy atom. The average Bonchev–Trinajstić information content (AvgIpc) is 2.44. The maximum atomic E-state index is 12.3. The molecule has 2 aromatic rings. The minimum absolute atomic E-state index is 0.00271. The third-order valence-electron chi connectivity index (χ3n) is 2.86. The third-order valence-corrected chi connectivity index (χ3v) is 5.05. The van der Waals surface area contributed by atoms with Crippen molar-refractivity contribution in [1.29, 1.82) is 0 Å². The van der Waals surface area contributed by atoms with E-state index in [0.29, 0.717) is 12.2 Å². The fraction of sp³-hybridized carbons (Fsp3) is 0.214. The van der Waals surface area contributed by atoms with Crippen molar-refractivity contribution in [3.8, 4) is 0 Å². The number of nitrogens with zero attached hydrogens (tertiary/aromatic N) is 1. The van der Waals surface area contributed by atoms with E-state index in [1.807, 2.05) is 14.0 Å². The van der Waals surface area contributed by atoms with Crippen LogP contribution in [0.15, 0.2) is 46.0 Å². The number of rotatable bonds is 5. The molecule has 1 aromatic heterocycles. The Morgan fingerprint density at radius 1 is 1.24 bits per heavy atom. The van der Waals surface area contributed by atoms with Crippen molar-refractivity contribution in [3.63, 3.8) is 0 Å². The van der Waals surface area contributed by atoms with E-state index in [2.05, 4.69) is 31.0 Å². The lowest BCUT2D eigenvalue weighted by Crippen LogP contribution is -2.15. The van der Waals surface area contributed by atoms with Crippen LogP contribution >= 0.6 is 15.9 Å². The van der Waals surface area contributed by atoms with Crippen LogP contribution in [0.2, 0.25) is 0 Å². The molecule has 0 aliphatic heterocycles. The minimum atomic E-state index is -3.67. The van der Waals surface area contributed by atoms with Crippen molar-refractivity contribution in [3.05, 3.63) is 52.1 Å². The Bertz CT molecular complexity index is 730. The molecule has 0 bridgehead atoms. The lowest BCUT2D eigenvalue weighted by Gasteiger charge is -2.09. The highest BCUT2D eigenvalue weighted by Gasteiger charge is 2.16. The first-order valence-electron chi connectivity index (χ1n) is 6.31. The number of benzene rings is 1. The molecule has 2 N–H and O–H groups in total. The Hall–Kier alpha value is -1.44. The van der Waals surface area contributed by atoms with Crippen molar-refractivity contribution in [1.82, 2.24) is 10.3 Å². The molecular formula is C14H16BrN3O2S. The maximum absolute atomic E-state index is 12.3. The SMILES string of the molecule is CNCc1ccc(S(=O)(=O)Nc2ccc(Br)c(C)c2)nc1. The number of halogens is 1. The second-order valence-corrected chi connectivity index (χ2v) is 7.09. The van der Waals surface area contributed by atoms with E-state index in [9.17, 15) is 8.42 Å². The summed E-state index contributed by atoms with van der Waals surface area (Å²) in [5.41, 5.74) is 2.39. The molecule has 0 aliphatic rings. The van der Waals surface area contributed by atoms with E-state index < -0.39 is 10.0 Å². The van der Waals surface area contributed by atoms with Crippen molar-refractivity contribution >= 4 is 31.6 Å². The summed E-state index contributed by atoms with van der Waals surface area (Å²) < 4.78 is 28.0. The van der Waals surface area contributed by atoms with E-state index in [0.717, 1.165) is 15.6 Å². The predicted octanol–water partition coefficient (Wildman–Crippen LogP) is 2.67. The standard InChI is InChI=1S/C14H16BrN3O2S/c1-10-7-12(4-5-13(10)15)18-21(19,20)14-6-3-11(8-16-2)9-17-14/h3-7,9,16,18H,8H2,1-2H3. The van der Waals surface area contributed by atoms with Crippen molar-refractivity contribution in [2.24, 2.45) is 0 Å². The van der Waals surface area contributed by atoms with Gasteiger partial charge in [-0.05, 0) is 49.4 Å². The molecule has 0 saturated carbocycles. The molecule has 0 spiro atoms. The molecule has 7 heteroatoms. The first kappa shape index (κ1) is 15.9. The molecule has 0 radical (unpaired) electrons. The van der Waals surface area contributed by atoms with Crippen LogP contribution in [0.5, 0.6) is 0 Å². The molecule has 5 nitrogen and oxygen atoms in total. The van der Waals surface area contributed by atoms with Gasteiger partial charge in [0.2, 0.25) is 0 Å². The van der Waals surface area contributed by atoms with Crippen LogP contribution in [-0.4, -0.2) is 20.4 Å². The van der Waals surface area contributed by atoms with Gasteiger partial charge in [-0.15, -0.1) is 0 Å². The Kier molecular flexibility index (Phi) is 4.97. The number of nitrogens with one attached hydrogen (secondary N) is 2. The highest BCUT2D eigenvalue weighted by molar-refractivity contribution is 9.10. The molecule has 0 saturated heterocycles. The van der Waals surface area contributed by atoms with Crippen LogP contribution in [0.3, 0.4) is 0 Å². The van der Waals surface area contributed by atoms with Gasteiger partial charge in [0.15, 0.2) is 5.03 Å². The first-order valence-corrected chi connectivity index (χ1v) is 8.58. The average molecular weight is 370 g/mol. The number of anilines is 1. The van der Waals surface area contributed by atoms with Gasteiger partial charge in [-0.25, -0.2) is 4.98 Å². The number of sulfonamides is 1. The summed E-state index contributed by atoms with van der Waals surface area (Å²) in [4.78, 5) is 4.01. The molecule has 1 heterocycles. The predicted molar refractivity (Wildman–Crippen MR) is 86.7 cm³/mol. The normalized spacial score (nSPS) is 11.4. The van der Waals surface area contributed by atoms with Gasteiger partial charge in [-0.2, -0.15) is 8.42 Å². The summed E-state index contributed by atoms with van der Waals surface area (Å²) in [6, 6.07) is 8.50. The quantitative estimate of drug-likeness (QED) is 0.849. The zero-order valence-electron chi connectivity index (χ0n) is 11.7. The molecular weight excluding hydrogens is 354 g/mol. The Morgan fingerprint density at radius 3 is 2.57 bits per heavy atom. The number of aromatic nitrogens is 1. The monoisotopic (exact) mass is 369 g/mol. The molecule has 112 valence electrons. The van der Waals surface area contributed by atoms with E-state index in [1.54, 1.807) is 30.5 Å². The number of hydrogen-bond donors (Lipinski definition) is 2. The molecule has 0 atom stereocenters. The second kappa shape index (κ2) is 6.55. The Balaban J connectivity index is 2.23. The molecule has 0 unspecified atom stereocenters. The highest BCUT2D eigenvalue weighted by Crippen LogP contribution is 2.22. The summed E-state index contributed by atoms with van der Waals surface area (Å²) in [7, 11) is -1.85. The lowest BCUT2D eigenvalue weighted by atomic mass is 10.2. The molecule has 2 rings (SSSR count). The third kappa shape index (κ3) is 4.03. The second-order valence-electron chi connectivity index (χ2n) is 4.60.